The second-order valence-electron chi connectivity index (χ2n) is 4.63. The molecule has 0 saturated carbocycles. The molecule has 2 rings (SSSR count). The van der Waals surface area contributed by atoms with Crippen molar-refractivity contribution in [3.05, 3.63) is 52.4 Å². The van der Waals surface area contributed by atoms with E-state index in [1.807, 2.05) is 0 Å². The van der Waals surface area contributed by atoms with Gasteiger partial charge in [-0.3, -0.25) is 9.59 Å². The Morgan fingerprint density at radius 1 is 1.38 bits per heavy atom. The number of carbonyl (C=O) groups is 1. The smallest absolute Gasteiger partial charge is 0.253 e. The number of nitrogens with one attached hydrogen (secondary N) is 1. The minimum atomic E-state index is -0.327. The molecule has 3 N–H and O–H groups in total. The fraction of sp³-hybridized carbons (Fsp3) is 0.200. The van der Waals surface area contributed by atoms with Gasteiger partial charge in [0.1, 0.15) is 12.3 Å². The van der Waals surface area contributed by atoms with E-state index in [0.29, 0.717) is 22.7 Å². The van der Waals surface area contributed by atoms with E-state index < -0.39 is 0 Å². The highest BCUT2D eigenvalue weighted by molar-refractivity contribution is 5.92. The lowest BCUT2D eigenvalue weighted by atomic mass is 10.2. The molecule has 0 aliphatic heterocycles. The predicted molar refractivity (Wildman–Crippen MR) is 81.5 cm³/mol. The van der Waals surface area contributed by atoms with Crippen molar-refractivity contribution in [2.75, 3.05) is 18.2 Å². The Kier molecular flexibility index (Phi) is 4.27. The number of hydrogen-bond acceptors (Lipinski definition) is 4. The van der Waals surface area contributed by atoms with Crippen LogP contribution in [-0.2, 0) is 11.3 Å². The zero-order chi connectivity index (χ0) is 15.4. The Bertz CT molecular complexity index is 722. The lowest BCUT2D eigenvalue weighted by Crippen LogP contribution is -2.28. The topological polar surface area (TPSA) is 86.3 Å². The molecule has 2 aromatic rings. The highest BCUT2D eigenvalue weighted by Crippen LogP contribution is 2.26. The van der Waals surface area contributed by atoms with Gasteiger partial charge >= 0.3 is 0 Å². The molecule has 1 aromatic heterocycles. The second-order valence-corrected chi connectivity index (χ2v) is 4.63. The average molecular weight is 287 g/mol. The van der Waals surface area contributed by atoms with Crippen molar-refractivity contribution in [3.63, 3.8) is 0 Å². The predicted octanol–water partition coefficient (Wildman–Crippen LogP) is 1.39. The van der Waals surface area contributed by atoms with E-state index >= 15 is 0 Å². The molecule has 0 fully saturated rings. The molecule has 1 heterocycles. The van der Waals surface area contributed by atoms with Crippen LogP contribution in [0.5, 0.6) is 5.75 Å². The number of methoxy groups -OCH3 is 1. The SMILES string of the molecule is COc1ccc(N)cc1NC(=O)Cn1cccc(C)c1=O. The minimum Gasteiger partial charge on any atom is -0.495 e. The summed E-state index contributed by atoms with van der Waals surface area (Å²) in [6.07, 6.45) is 1.57. The minimum absolute atomic E-state index is 0.0710. The van der Waals surface area contributed by atoms with Crippen LogP contribution < -0.4 is 21.3 Å². The van der Waals surface area contributed by atoms with Gasteiger partial charge in [0.2, 0.25) is 5.91 Å². The number of nitrogen functional groups attached to an aromatic ring is 1. The number of hydrogen-bond donors (Lipinski definition) is 2. The second kappa shape index (κ2) is 6.13. The van der Waals surface area contributed by atoms with Gasteiger partial charge in [-0.05, 0) is 31.2 Å². The summed E-state index contributed by atoms with van der Waals surface area (Å²) < 4.78 is 6.51. The number of nitrogens with zero attached hydrogens (tertiary/aromatic N) is 1. The van der Waals surface area contributed by atoms with Crippen LogP contribution in [0.2, 0.25) is 0 Å². The summed E-state index contributed by atoms with van der Waals surface area (Å²) in [5.74, 6) is 0.181. The average Bonchev–Trinajstić information content (AvgIpc) is 2.44. The Morgan fingerprint density at radius 3 is 2.86 bits per heavy atom. The van der Waals surface area contributed by atoms with E-state index in [1.54, 1.807) is 43.5 Å². The van der Waals surface area contributed by atoms with E-state index in [0.717, 1.165) is 0 Å². The van der Waals surface area contributed by atoms with Gasteiger partial charge < -0.3 is 20.4 Å². The summed E-state index contributed by atoms with van der Waals surface area (Å²) in [5.41, 5.74) is 7.08. The first-order valence-corrected chi connectivity index (χ1v) is 6.40. The van der Waals surface area contributed by atoms with E-state index in [4.69, 9.17) is 10.5 Å². The fourth-order valence-corrected chi connectivity index (χ4v) is 1.95. The number of ether oxygens (including phenoxy) is 1. The molecule has 0 aliphatic carbocycles. The highest BCUT2D eigenvalue weighted by atomic mass is 16.5. The lowest BCUT2D eigenvalue weighted by molar-refractivity contribution is -0.116. The van der Waals surface area contributed by atoms with Gasteiger partial charge in [-0.15, -0.1) is 0 Å². The number of aromatic nitrogens is 1. The van der Waals surface area contributed by atoms with Crippen molar-refractivity contribution in [2.45, 2.75) is 13.5 Å². The lowest BCUT2D eigenvalue weighted by Gasteiger charge is -2.12. The maximum atomic E-state index is 12.1. The van der Waals surface area contributed by atoms with Gasteiger partial charge in [0.25, 0.3) is 5.56 Å². The molecule has 6 nitrogen and oxygen atoms in total. The molecule has 0 saturated heterocycles. The third-order valence-corrected chi connectivity index (χ3v) is 3.02. The standard InChI is InChI=1S/C15H17N3O3/c1-10-4-3-7-18(15(10)20)9-14(19)17-12-8-11(16)5-6-13(12)21-2/h3-8H,9,16H2,1-2H3,(H,17,19). The molecule has 21 heavy (non-hydrogen) atoms. The molecule has 110 valence electrons. The van der Waals surface area contributed by atoms with E-state index in [2.05, 4.69) is 5.32 Å². The number of aryl methyl sites for hydroxylation is 1. The highest BCUT2D eigenvalue weighted by Gasteiger charge is 2.09. The molecule has 0 atom stereocenters. The maximum absolute atomic E-state index is 12.1. The Hall–Kier alpha value is -2.76. The normalized spacial score (nSPS) is 10.2. The quantitative estimate of drug-likeness (QED) is 0.832. The third kappa shape index (κ3) is 3.42. The number of amides is 1. The molecular formula is C15H17N3O3. The number of carbonyl (C=O) groups excluding carboxylic acids is 1. The van der Waals surface area contributed by atoms with Crippen LogP contribution in [0, 0.1) is 6.92 Å². The van der Waals surface area contributed by atoms with Crippen LogP contribution in [-0.4, -0.2) is 17.6 Å². The molecule has 6 heteroatoms. The molecule has 0 radical (unpaired) electrons. The Balaban J connectivity index is 2.17. The van der Waals surface area contributed by atoms with Crippen molar-refractivity contribution >= 4 is 17.3 Å². The fourth-order valence-electron chi connectivity index (χ4n) is 1.95. The van der Waals surface area contributed by atoms with Crippen LogP contribution in [0.3, 0.4) is 0 Å². The summed E-state index contributed by atoms with van der Waals surface area (Å²) in [6.45, 7) is 1.64. The van der Waals surface area contributed by atoms with Crippen molar-refractivity contribution in [1.82, 2.24) is 4.57 Å². The number of nitrogens with two attached hydrogens (primary N) is 1. The first-order chi connectivity index (χ1) is 10.0. The zero-order valence-electron chi connectivity index (χ0n) is 11.9. The van der Waals surface area contributed by atoms with Gasteiger partial charge in [-0.1, -0.05) is 6.07 Å². The van der Waals surface area contributed by atoms with Crippen LogP contribution in [0.1, 0.15) is 5.56 Å². The summed E-state index contributed by atoms with van der Waals surface area (Å²) in [6, 6.07) is 8.39. The monoisotopic (exact) mass is 287 g/mol. The first kappa shape index (κ1) is 14.6. The maximum Gasteiger partial charge on any atom is 0.253 e. The van der Waals surface area contributed by atoms with Crippen LogP contribution >= 0.6 is 0 Å². The van der Waals surface area contributed by atoms with Crippen molar-refractivity contribution in [1.29, 1.82) is 0 Å². The molecule has 0 spiro atoms. The number of anilines is 2. The largest absolute Gasteiger partial charge is 0.495 e. The number of rotatable bonds is 4. The van der Waals surface area contributed by atoms with Gasteiger partial charge in [-0.25, -0.2) is 0 Å². The Morgan fingerprint density at radius 2 is 2.14 bits per heavy atom. The van der Waals surface area contributed by atoms with E-state index in [9.17, 15) is 9.59 Å². The summed E-state index contributed by atoms with van der Waals surface area (Å²) >= 11 is 0. The third-order valence-electron chi connectivity index (χ3n) is 3.02. The molecule has 1 aromatic carbocycles. The van der Waals surface area contributed by atoms with E-state index in [-0.39, 0.29) is 18.0 Å². The number of benzene rings is 1. The molecule has 0 aliphatic rings. The Labute approximate surface area is 122 Å². The van der Waals surface area contributed by atoms with Gasteiger partial charge in [0.05, 0.1) is 12.8 Å². The molecule has 0 bridgehead atoms. The van der Waals surface area contributed by atoms with Gasteiger partial charge in [0, 0.05) is 17.4 Å². The van der Waals surface area contributed by atoms with Crippen LogP contribution in [0.25, 0.3) is 0 Å². The van der Waals surface area contributed by atoms with Crippen molar-refractivity contribution in [2.24, 2.45) is 0 Å². The summed E-state index contributed by atoms with van der Waals surface area (Å²) in [7, 11) is 1.51. The molecule has 0 unspecified atom stereocenters. The molecule has 1 amide bonds. The van der Waals surface area contributed by atoms with Gasteiger partial charge in [-0.2, -0.15) is 0 Å². The van der Waals surface area contributed by atoms with Gasteiger partial charge in [0.15, 0.2) is 0 Å². The van der Waals surface area contributed by atoms with Crippen LogP contribution in [0.15, 0.2) is 41.3 Å². The number of pyridine rings is 1. The van der Waals surface area contributed by atoms with Crippen molar-refractivity contribution < 1.29 is 9.53 Å². The summed E-state index contributed by atoms with van der Waals surface area (Å²) in [5, 5.41) is 2.69. The zero-order valence-corrected chi connectivity index (χ0v) is 11.9. The molecular weight excluding hydrogens is 270 g/mol. The van der Waals surface area contributed by atoms with Crippen LogP contribution in [0.4, 0.5) is 11.4 Å². The van der Waals surface area contributed by atoms with Crippen molar-refractivity contribution in [3.8, 4) is 5.75 Å². The first-order valence-electron chi connectivity index (χ1n) is 6.40. The summed E-state index contributed by atoms with van der Waals surface area (Å²) in [4.78, 5) is 23.9. The van der Waals surface area contributed by atoms with E-state index in [1.165, 1.54) is 11.7 Å².